The van der Waals surface area contributed by atoms with Gasteiger partial charge in [0, 0.05) is 25.5 Å². The standard InChI is InChI=1S/C20H26N4O3/c1-25-19-10-18(22-15-23-19)24-13-20(14-24)11-16(6-9-27-20)5-8-26-12-17-4-2-3-7-21-17/h2-4,7,10,15-16H,5-6,8-9,11-14H2,1H3/t16-/m1/s1. The lowest BCUT2D eigenvalue weighted by Gasteiger charge is -2.53. The smallest absolute Gasteiger partial charge is 0.218 e. The summed E-state index contributed by atoms with van der Waals surface area (Å²) in [7, 11) is 1.62. The number of hydrogen-bond donors (Lipinski definition) is 0. The Labute approximate surface area is 159 Å². The van der Waals surface area contributed by atoms with Crippen LogP contribution < -0.4 is 9.64 Å². The maximum Gasteiger partial charge on any atom is 0.218 e. The summed E-state index contributed by atoms with van der Waals surface area (Å²) in [4.78, 5) is 14.9. The molecule has 2 aromatic rings. The van der Waals surface area contributed by atoms with E-state index in [1.165, 1.54) is 0 Å². The molecule has 0 aromatic carbocycles. The normalized spacial score (nSPS) is 21.1. The molecule has 1 atom stereocenters. The van der Waals surface area contributed by atoms with Crippen LogP contribution in [0.4, 0.5) is 5.82 Å². The Kier molecular flexibility index (Phi) is 5.50. The van der Waals surface area contributed by atoms with Crippen molar-refractivity contribution in [3.63, 3.8) is 0 Å². The molecule has 0 bridgehead atoms. The fourth-order valence-corrected chi connectivity index (χ4v) is 3.93. The molecule has 1 spiro atoms. The van der Waals surface area contributed by atoms with Crippen LogP contribution in [-0.4, -0.2) is 54.0 Å². The van der Waals surface area contributed by atoms with Crippen molar-refractivity contribution in [2.75, 3.05) is 38.3 Å². The van der Waals surface area contributed by atoms with E-state index in [2.05, 4.69) is 19.9 Å². The predicted octanol–water partition coefficient (Wildman–Crippen LogP) is 2.47. The molecule has 2 saturated heterocycles. The van der Waals surface area contributed by atoms with E-state index in [1.54, 1.807) is 19.6 Å². The summed E-state index contributed by atoms with van der Waals surface area (Å²) in [6.45, 7) is 3.92. The third kappa shape index (κ3) is 4.36. The van der Waals surface area contributed by atoms with Gasteiger partial charge in [-0.3, -0.25) is 4.98 Å². The molecule has 0 unspecified atom stereocenters. The predicted molar refractivity (Wildman–Crippen MR) is 101 cm³/mol. The molecule has 0 N–H and O–H groups in total. The van der Waals surface area contributed by atoms with Gasteiger partial charge < -0.3 is 19.1 Å². The quantitative estimate of drug-likeness (QED) is 0.694. The van der Waals surface area contributed by atoms with Crippen LogP contribution in [0.2, 0.25) is 0 Å². The number of anilines is 1. The highest BCUT2D eigenvalue weighted by Gasteiger charge is 2.47. The number of methoxy groups -OCH3 is 1. The van der Waals surface area contributed by atoms with Gasteiger partial charge in [-0.1, -0.05) is 6.07 Å². The number of hydrogen-bond acceptors (Lipinski definition) is 7. The number of ether oxygens (including phenoxy) is 3. The summed E-state index contributed by atoms with van der Waals surface area (Å²) in [5.74, 6) is 2.13. The average molecular weight is 370 g/mol. The third-order valence-electron chi connectivity index (χ3n) is 5.36. The molecule has 2 aromatic heterocycles. The Bertz CT molecular complexity index is 737. The lowest BCUT2D eigenvalue weighted by molar-refractivity contribution is -0.116. The summed E-state index contributed by atoms with van der Waals surface area (Å²) in [6.07, 6.45) is 6.60. The molecular formula is C20H26N4O3. The molecule has 7 nitrogen and oxygen atoms in total. The van der Waals surface area contributed by atoms with Gasteiger partial charge in [0.25, 0.3) is 0 Å². The van der Waals surface area contributed by atoms with Gasteiger partial charge in [-0.25, -0.2) is 9.97 Å². The van der Waals surface area contributed by atoms with E-state index in [4.69, 9.17) is 14.2 Å². The number of pyridine rings is 1. The minimum atomic E-state index is -0.0396. The van der Waals surface area contributed by atoms with Gasteiger partial charge in [-0.15, -0.1) is 0 Å². The molecule has 2 aliphatic heterocycles. The first-order chi connectivity index (χ1) is 13.3. The fraction of sp³-hybridized carbons (Fsp3) is 0.550. The van der Waals surface area contributed by atoms with Crippen LogP contribution in [-0.2, 0) is 16.1 Å². The zero-order chi connectivity index (χ0) is 18.5. The van der Waals surface area contributed by atoms with Crippen molar-refractivity contribution >= 4 is 5.82 Å². The Morgan fingerprint density at radius 1 is 1.26 bits per heavy atom. The first-order valence-corrected chi connectivity index (χ1v) is 9.49. The largest absolute Gasteiger partial charge is 0.481 e. The molecule has 0 radical (unpaired) electrons. The Hall–Kier alpha value is -2.25. The van der Waals surface area contributed by atoms with E-state index in [-0.39, 0.29) is 5.60 Å². The second-order valence-electron chi connectivity index (χ2n) is 7.33. The molecule has 0 saturated carbocycles. The van der Waals surface area contributed by atoms with E-state index in [1.807, 2.05) is 24.3 Å². The Balaban J connectivity index is 1.23. The third-order valence-corrected chi connectivity index (χ3v) is 5.36. The number of rotatable bonds is 7. The van der Waals surface area contributed by atoms with Crippen LogP contribution in [0.15, 0.2) is 36.8 Å². The Morgan fingerprint density at radius 3 is 3.00 bits per heavy atom. The van der Waals surface area contributed by atoms with Crippen LogP contribution in [0.3, 0.4) is 0 Å². The highest BCUT2D eigenvalue weighted by molar-refractivity contribution is 5.45. The minimum Gasteiger partial charge on any atom is -0.481 e. The second kappa shape index (κ2) is 8.19. The molecule has 4 rings (SSSR count). The van der Waals surface area contributed by atoms with Crippen LogP contribution in [0.25, 0.3) is 0 Å². The summed E-state index contributed by atoms with van der Waals surface area (Å²) in [5, 5.41) is 0. The van der Waals surface area contributed by atoms with E-state index >= 15 is 0 Å². The monoisotopic (exact) mass is 370 g/mol. The van der Waals surface area contributed by atoms with Crippen molar-refractivity contribution in [1.29, 1.82) is 0 Å². The zero-order valence-corrected chi connectivity index (χ0v) is 15.7. The van der Waals surface area contributed by atoms with Gasteiger partial charge in [-0.05, 0) is 37.3 Å². The summed E-state index contributed by atoms with van der Waals surface area (Å²) >= 11 is 0. The topological polar surface area (TPSA) is 69.6 Å². The molecule has 2 aliphatic rings. The zero-order valence-electron chi connectivity index (χ0n) is 15.7. The molecule has 144 valence electrons. The van der Waals surface area contributed by atoms with Gasteiger partial charge in [0.1, 0.15) is 17.7 Å². The summed E-state index contributed by atoms with van der Waals surface area (Å²) in [6, 6.07) is 7.78. The van der Waals surface area contributed by atoms with E-state index in [0.29, 0.717) is 18.4 Å². The summed E-state index contributed by atoms with van der Waals surface area (Å²) in [5.41, 5.74) is 0.943. The molecule has 4 heterocycles. The van der Waals surface area contributed by atoms with Crippen LogP contribution in [0.1, 0.15) is 25.0 Å². The van der Waals surface area contributed by atoms with E-state index < -0.39 is 0 Å². The van der Waals surface area contributed by atoms with E-state index in [0.717, 1.165) is 57.1 Å². The van der Waals surface area contributed by atoms with Crippen LogP contribution in [0.5, 0.6) is 5.88 Å². The van der Waals surface area contributed by atoms with Crippen molar-refractivity contribution in [3.05, 3.63) is 42.5 Å². The fourth-order valence-electron chi connectivity index (χ4n) is 3.93. The summed E-state index contributed by atoms with van der Waals surface area (Å²) < 4.78 is 17.1. The average Bonchev–Trinajstić information content (AvgIpc) is 2.70. The maximum atomic E-state index is 6.15. The Morgan fingerprint density at radius 2 is 2.19 bits per heavy atom. The second-order valence-corrected chi connectivity index (χ2v) is 7.33. The lowest BCUT2D eigenvalue weighted by Crippen LogP contribution is -2.65. The van der Waals surface area contributed by atoms with Gasteiger partial charge in [0.05, 0.1) is 32.5 Å². The molecule has 0 amide bonds. The minimum absolute atomic E-state index is 0.0396. The van der Waals surface area contributed by atoms with Gasteiger partial charge >= 0.3 is 0 Å². The highest BCUT2D eigenvalue weighted by Crippen LogP contribution is 2.39. The molecule has 7 heteroatoms. The van der Waals surface area contributed by atoms with E-state index in [9.17, 15) is 0 Å². The SMILES string of the molecule is COc1cc(N2CC3(C[C@H](CCOCc4ccccn4)CCO3)C2)ncn1. The maximum absolute atomic E-state index is 6.15. The lowest BCUT2D eigenvalue weighted by atomic mass is 9.79. The molecule has 0 aliphatic carbocycles. The van der Waals surface area contributed by atoms with Gasteiger partial charge in [0.2, 0.25) is 5.88 Å². The van der Waals surface area contributed by atoms with Crippen LogP contribution in [0, 0.1) is 5.92 Å². The van der Waals surface area contributed by atoms with Crippen molar-refractivity contribution in [3.8, 4) is 5.88 Å². The molecule has 27 heavy (non-hydrogen) atoms. The first kappa shape index (κ1) is 18.1. The van der Waals surface area contributed by atoms with Crippen molar-refractivity contribution in [2.45, 2.75) is 31.5 Å². The van der Waals surface area contributed by atoms with Gasteiger partial charge in [0.15, 0.2) is 0 Å². The van der Waals surface area contributed by atoms with Crippen molar-refractivity contribution in [1.82, 2.24) is 15.0 Å². The number of aromatic nitrogens is 3. The highest BCUT2D eigenvalue weighted by atomic mass is 16.5. The molecular weight excluding hydrogens is 344 g/mol. The first-order valence-electron chi connectivity index (χ1n) is 9.49. The van der Waals surface area contributed by atoms with Crippen molar-refractivity contribution in [2.24, 2.45) is 5.92 Å². The van der Waals surface area contributed by atoms with Gasteiger partial charge in [-0.2, -0.15) is 0 Å². The van der Waals surface area contributed by atoms with Crippen molar-refractivity contribution < 1.29 is 14.2 Å². The van der Waals surface area contributed by atoms with Crippen LogP contribution >= 0.6 is 0 Å². The molecule has 2 fully saturated rings. The number of nitrogens with zero attached hydrogens (tertiary/aromatic N) is 4.